The first-order valence-corrected chi connectivity index (χ1v) is 5.89. The second-order valence-electron chi connectivity index (χ2n) is 4.19. The number of halogens is 2. The lowest BCUT2D eigenvalue weighted by Crippen LogP contribution is -2.15. The summed E-state index contributed by atoms with van der Waals surface area (Å²) in [6, 6.07) is 7.86. The molecule has 2 N–H and O–H groups in total. The van der Waals surface area contributed by atoms with E-state index in [2.05, 4.69) is 10.3 Å². The summed E-state index contributed by atoms with van der Waals surface area (Å²) >= 11 is 0. The number of carbonyl (C=O) groups is 1. The molecule has 4 nitrogen and oxygen atoms in total. The van der Waals surface area contributed by atoms with Crippen molar-refractivity contribution in [2.24, 2.45) is 0 Å². The standard InChI is InChI=1S/C14H12F2N2O2/c15-10-3-1-2-9(6-10)12(19)7-14(20)18-11-4-5-13(16)17-8-11/h1-6,8,12,19H,7H2,(H,18,20). The first kappa shape index (κ1) is 14.1. The number of hydrogen-bond acceptors (Lipinski definition) is 3. The van der Waals surface area contributed by atoms with Gasteiger partial charge < -0.3 is 10.4 Å². The predicted molar refractivity (Wildman–Crippen MR) is 68.8 cm³/mol. The fraction of sp³-hybridized carbons (Fsp3) is 0.143. The second kappa shape index (κ2) is 6.21. The zero-order valence-corrected chi connectivity index (χ0v) is 10.4. The van der Waals surface area contributed by atoms with Gasteiger partial charge >= 0.3 is 0 Å². The maximum absolute atomic E-state index is 13.0. The van der Waals surface area contributed by atoms with Gasteiger partial charge in [-0.05, 0) is 29.8 Å². The van der Waals surface area contributed by atoms with E-state index >= 15 is 0 Å². The number of aliphatic hydroxyl groups excluding tert-OH is 1. The van der Waals surface area contributed by atoms with Crippen LogP contribution in [0.15, 0.2) is 42.6 Å². The van der Waals surface area contributed by atoms with Crippen LogP contribution in [0.4, 0.5) is 14.5 Å². The number of nitrogens with one attached hydrogen (secondary N) is 1. The molecule has 2 rings (SSSR count). The number of aliphatic hydroxyl groups is 1. The number of hydrogen-bond donors (Lipinski definition) is 2. The van der Waals surface area contributed by atoms with E-state index in [9.17, 15) is 18.7 Å². The highest BCUT2D eigenvalue weighted by atomic mass is 19.1. The minimum absolute atomic E-state index is 0.235. The predicted octanol–water partition coefficient (Wildman–Crippen LogP) is 2.42. The number of benzene rings is 1. The molecular weight excluding hydrogens is 266 g/mol. The molecule has 20 heavy (non-hydrogen) atoms. The Morgan fingerprint density at radius 2 is 2.10 bits per heavy atom. The molecule has 6 heteroatoms. The number of nitrogens with zero attached hydrogens (tertiary/aromatic N) is 1. The SMILES string of the molecule is O=C(CC(O)c1cccc(F)c1)Nc1ccc(F)nc1. The molecule has 0 aliphatic carbocycles. The van der Waals surface area contributed by atoms with Crippen LogP contribution in [0, 0.1) is 11.8 Å². The lowest BCUT2D eigenvalue weighted by atomic mass is 10.1. The highest BCUT2D eigenvalue weighted by Crippen LogP contribution is 2.18. The number of carbonyl (C=O) groups excluding carboxylic acids is 1. The molecule has 2 aromatic rings. The van der Waals surface area contributed by atoms with Crippen molar-refractivity contribution in [1.29, 1.82) is 0 Å². The van der Waals surface area contributed by atoms with E-state index in [-0.39, 0.29) is 6.42 Å². The lowest BCUT2D eigenvalue weighted by Gasteiger charge is -2.11. The lowest BCUT2D eigenvalue weighted by molar-refractivity contribution is -0.118. The number of rotatable bonds is 4. The highest BCUT2D eigenvalue weighted by molar-refractivity contribution is 5.90. The second-order valence-corrected chi connectivity index (χ2v) is 4.19. The molecule has 0 saturated heterocycles. The van der Waals surface area contributed by atoms with E-state index in [1.165, 1.54) is 30.5 Å². The summed E-state index contributed by atoms with van der Waals surface area (Å²) in [5, 5.41) is 12.3. The van der Waals surface area contributed by atoms with E-state index in [0.717, 1.165) is 12.1 Å². The van der Waals surface area contributed by atoms with Crippen LogP contribution in [0.2, 0.25) is 0 Å². The van der Waals surface area contributed by atoms with Gasteiger partial charge in [-0.3, -0.25) is 4.79 Å². The molecule has 0 fully saturated rings. The summed E-state index contributed by atoms with van der Waals surface area (Å²) in [5.41, 5.74) is 0.639. The molecule has 1 aromatic carbocycles. The Balaban J connectivity index is 1.95. The van der Waals surface area contributed by atoms with Crippen molar-refractivity contribution in [2.45, 2.75) is 12.5 Å². The van der Waals surface area contributed by atoms with Crippen LogP contribution in [-0.4, -0.2) is 16.0 Å². The number of amides is 1. The smallest absolute Gasteiger partial charge is 0.227 e. The van der Waals surface area contributed by atoms with Crippen LogP contribution < -0.4 is 5.32 Å². The van der Waals surface area contributed by atoms with Crippen LogP contribution in [0.3, 0.4) is 0 Å². The van der Waals surface area contributed by atoms with Crippen molar-refractivity contribution in [3.8, 4) is 0 Å². The molecule has 0 aliphatic heterocycles. The van der Waals surface area contributed by atoms with Crippen molar-refractivity contribution >= 4 is 11.6 Å². The van der Waals surface area contributed by atoms with Crippen molar-refractivity contribution in [2.75, 3.05) is 5.32 Å². The molecule has 1 amide bonds. The Morgan fingerprint density at radius 3 is 2.75 bits per heavy atom. The molecule has 0 saturated carbocycles. The molecule has 1 unspecified atom stereocenters. The zero-order chi connectivity index (χ0) is 14.5. The van der Waals surface area contributed by atoms with E-state index in [1.54, 1.807) is 0 Å². The van der Waals surface area contributed by atoms with Crippen molar-refractivity contribution in [3.05, 3.63) is 59.9 Å². The summed E-state index contributed by atoms with van der Waals surface area (Å²) in [5.74, 6) is -1.61. The number of pyridine rings is 1. The average Bonchev–Trinajstić information content (AvgIpc) is 2.41. The van der Waals surface area contributed by atoms with E-state index in [4.69, 9.17) is 0 Å². The van der Waals surface area contributed by atoms with Crippen LogP contribution in [0.1, 0.15) is 18.1 Å². The van der Waals surface area contributed by atoms with Gasteiger partial charge in [0.25, 0.3) is 0 Å². The van der Waals surface area contributed by atoms with E-state index < -0.39 is 23.8 Å². The van der Waals surface area contributed by atoms with Gasteiger partial charge in [0.05, 0.1) is 24.4 Å². The van der Waals surface area contributed by atoms with Crippen LogP contribution in [-0.2, 0) is 4.79 Å². The molecule has 0 spiro atoms. The first-order valence-electron chi connectivity index (χ1n) is 5.89. The van der Waals surface area contributed by atoms with Crippen LogP contribution in [0.5, 0.6) is 0 Å². The third-order valence-corrected chi connectivity index (χ3v) is 2.62. The minimum Gasteiger partial charge on any atom is -0.388 e. The van der Waals surface area contributed by atoms with Crippen LogP contribution >= 0.6 is 0 Å². The summed E-state index contributed by atoms with van der Waals surface area (Å²) in [6.45, 7) is 0. The maximum Gasteiger partial charge on any atom is 0.227 e. The van der Waals surface area contributed by atoms with Gasteiger partial charge in [-0.15, -0.1) is 0 Å². The Kier molecular flexibility index (Phi) is 4.37. The molecule has 0 radical (unpaired) electrons. The normalized spacial score (nSPS) is 11.9. The maximum atomic E-state index is 13.0. The first-order chi connectivity index (χ1) is 9.54. The third-order valence-electron chi connectivity index (χ3n) is 2.62. The minimum atomic E-state index is -1.11. The van der Waals surface area contributed by atoms with Crippen LogP contribution in [0.25, 0.3) is 0 Å². The Morgan fingerprint density at radius 1 is 1.30 bits per heavy atom. The Labute approximate surface area is 114 Å². The van der Waals surface area contributed by atoms with Gasteiger partial charge in [0, 0.05) is 0 Å². The van der Waals surface area contributed by atoms with Crippen molar-refractivity contribution in [1.82, 2.24) is 4.98 Å². The van der Waals surface area contributed by atoms with Crippen molar-refractivity contribution < 1.29 is 18.7 Å². The Hall–Kier alpha value is -2.34. The third kappa shape index (κ3) is 3.83. The topological polar surface area (TPSA) is 62.2 Å². The van der Waals surface area contributed by atoms with Crippen molar-refractivity contribution in [3.63, 3.8) is 0 Å². The summed E-state index contributed by atoms with van der Waals surface area (Å²) in [4.78, 5) is 15.1. The van der Waals surface area contributed by atoms with Gasteiger partial charge in [0.2, 0.25) is 11.9 Å². The Bertz CT molecular complexity index is 602. The van der Waals surface area contributed by atoms with Gasteiger partial charge in [0.1, 0.15) is 5.82 Å². The molecule has 1 heterocycles. The summed E-state index contributed by atoms with van der Waals surface area (Å²) < 4.78 is 25.6. The largest absolute Gasteiger partial charge is 0.388 e. The number of aromatic nitrogens is 1. The monoisotopic (exact) mass is 278 g/mol. The van der Waals surface area contributed by atoms with E-state index in [1.807, 2.05) is 0 Å². The molecule has 0 bridgehead atoms. The quantitative estimate of drug-likeness (QED) is 0.844. The van der Waals surface area contributed by atoms with E-state index in [0.29, 0.717) is 11.3 Å². The van der Waals surface area contributed by atoms with Gasteiger partial charge in [-0.25, -0.2) is 9.37 Å². The van der Waals surface area contributed by atoms with Gasteiger partial charge in [-0.1, -0.05) is 12.1 Å². The highest BCUT2D eigenvalue weighted by Gasteiger charge is 2.13. The molecule has 1 atom stereocenters. The van der Waals surface area contributed by atoms with Gasteiger partial charge in [0.15, 0.2) is 0 Å². The fourth-order valence-corrected chi connectivity index (χ4v) is 1.67. The molecule has 0 aliphatic rings. The molecule has 104 valence electrons. The average molecular weight is 278 g/mol. The molecule has 1 aromatic heterocycles. The fourth-order valence-electron chi connectivity index (χ4n) is 1.67. The van der Waals surface area contributed by atoms with Gasteiger partial charge in [-0.2, -0.15) is 4.39 Å². The summed E-state index contributed by atoms with van der Waals surface area (Å²) in [6.07, 6.45) is -0.179. The zero-order valence-electron chi connectivity index (χ0n) is 10.4. The summed E-state index contributed by atoms with van der Waals surface area (Å²) in [7, 11) is 0. The number of anilines is 1. The molecular formula is C14H12F2N2O2.